The van der Waals surface area contributed by atoms with E-state index in [4.69, 9.17) is 77.5 Å². The molecule has 0 spiro atoms. The van der Waals surface area contributed by atoms with Crippen molar-refractivity contribution in [1.29, 1.82) is 0 Å². The minimum atomic E-state index is -1.31. The van der Waals surface area contributed by atoms with Gasteiger partial charge < -0.3 is 77.7 Å². The van der Waals surface area contributed by atoms with E-state index in [2.05, 4.69) is 153 Å². The van der Waals surface area contributed by atoms with Crippen LogP contribution in [-0.2, 0) is 57.0 Å². The molecule has 10 rings (SSSR count). The van der Waals surface area contributed by atoms with Gasteiger partial charge in [0.2, 0.25) is 0 Å². The first-order chi connectivity index (χ1) is 51.5. The third-order valence-corrected chi connectivity index (χ3v) is 28.2. The number of carboxylic acids is 1. The number of aromatic amines is 2. The molecule has 0 amide bonds. The zero-order valence-electron chi connectivity index (χ0n) is 67.4. The van der Waals surface area contributed by atoms with Crippen molar-refractivity contribution < 1.29 is 86.4 Å². The molecule has 0 aromatic carbocycles. The average molecular weight is 1810 g/mol. The molecular formula is C75H115I2LiN14O14Si4. The van der Waals surface area contributed by atoms with E-state index in [1.54, 1.807) is 46.1 Å². The number of halogens is 2. The van der Waals surface area contributed by atoms with E-state index in [1.807, 2.05) is 58.1 Å². The van der Waals surface area contributed by atoms with Crippen LogP contribution in [0.3, 0.4) is 0 Å². The summed E-state index contributed by atoms with van der Waals surface area (Å²) in [6.07, 6.45) is 18.6. The Hall–Kier alpha value is -4.98. The third kappa shape index (κ3) is 25.8. The molecule has 4 N–H and O–H groups in total. The van der Waals surface area contributed by atoms with Gasteiger partial charge in [-0.2, -0.15) is 19.2 Å². The minimum absolute atomic E-state index is 0. The number of nitrogens with zero attached hydrogens (tertiary/aromatic N) is 12. The van der Waals surface area contributed by atoms with E-state index in [0.717, 1.165) is 88.0 Å². The number of rotatable bonds is 41. The third-order valence-electron chi connectivity index (χ3n) is 19.4. The fraction of sp³-hybridized carbons (Fsp3) is 0.600. The Labute approximate surface area is 691 Å². The van der Waals surface area contributed by atoms with Gasteiger partial charge in [0.1, 0.15) is 44.9 Å². The van der Waals surface area contributed by atoms with Crippen molar-refractivity contribution in [2.75, 3.05) is 124 Å². The largest absolute Gasteiger partial charge is 1.00 e. The van der Waals surface area contributed by atoms with Crippen LogP contribution >= 0.6 is 45.2 Å². The predicted octanol–water partition coefficient (Wildman–Crippen LogP) is 11.7. The summed E-state index contributed by atoms with van der Waals surface area (Å²) in [5.41, 5.74) is 5.91. The second-order valence-corrected chi connectivity index (χ2v) is 57.4. The van der Waals surface area contributed by atoms with Gasteiger partial charge >= 0.3 is 30.8 Å². The van der Waals surface area contributed by atoms with Gasteiger partial charge in [0, 0.05) is 151 Å². The van der Waals surface area contributed by atoms with Gasteiger partial charge in [-0.1, -0.05) is 90.7 Å². The van der Waals surface area contributed by atoms with Crippen LogP contribution in [0, 0.1) is 7.14 Å². The molecule has 110 heavy (non-hydrogen) atoms. The molecule has 0 unspecified atom stereocenters. The summed E-state index contributed by atoms with van der Waals surface area (Å²) in [5, 5.41) is 20.1. The molecular weight excluding hydrogens is 1690 g/mol. The molecule has 0 saturated heterocycles. The molecule has 2 aliphatic rings. The monoisotopic (exact) mass is 1810 g/mol. The van der Waals surface area contributed by atoms with E-state index in [9.17, 15) is 14.7 Å². The number of carboxylic acid groups (broad SMARTS) is 1. The molecule has 0 radical (unpaired) electrons. The maximum atomic E-state index is 13.5. The van der Waals surface area contributed by atoms with Crippen molar-refractivity contribution in [1.82, 2.24) is 59.1 Å². The summed E-state index contributed by atoms with van der Waals surface area (Å²) in [5.74, 6) is 1.88. The number of H-pyrrole nitrogens is 2. The Balaban J connectivity index is 0.000000301. The van der Waals surface area contributed by atoms with Crippen molar-refractivity contribution in [2.24, 2.45) is 0 Å². The summed E-state index contributed by atoms with van der Waals surface area (Å²) in [7, 11) is -0.436. The summed E-state index contributed by atoms with van der Waals surface area (Å²) in [6.45, 7) is 34.0. The summed E-state index contributed by atoms with van der Waals surface area (Å²) < 4.78 is 64.7. The van der Waals surface area contributed by atoms with E-state index in [1.165, 1.54) is 0 Å². The second kappa shape index (κ2) is 42.6. The van der Waals surface area contributed by atoms with Crippen LogP contribution in [-0.4, -0.2) is 239 Å². The number of nitrogens with one attached hydrogen (secondary N) is 2. The van der Waals surface area contributed by atoms with Crippen LogP contribution in [0.5, 0.6) is 0 Å². The maximum Gasteiger partial charge on any atom is 1.00 e. The van der Waals surface area contributed by atoms with Gasteiger partial charge in [-0.05, 0) is 133 Å². The smallest absolute Gasteiger partial charge is 0.870 e. The van der Waals surface area contributed by atoms with E-state index in [-0.39, 0.29) is 55.4 Å². The fourth-order valence-electron chi connectivity index (χ4n) is 12.7. The zero-order chi connectivity index (χ0) is 77.9. The molecule has 8 heterocycles. The van der Waals surface area contributed by atoms with Crippen LogP contribution in [0.2, 0.25) is 103 Å². The number of hydrogen-bond donors (Lipinski definition) is 3. The summed E-state index contributed by atoms with van der Waals surface area (Å²) in [6, 6.07) is 12.2. The molecule has 2 aliphatic carbocycles. The predicted molar refractivity (Wildman–Crippen MR) is 450 cm³/mol. The topological polar surface area (TPSA) is 327 Å². The fourth-order valence-corrected chi connectivity index (χ4v) is 18.0. The number of aliphatic carboxylic acids is 1. The van der Waals surface area contributed by atoms with Crippen LogP contribution < -0.4 is 28.7 Å². The minimum Gasteiger partial charge on any atom is -0.870 e. The van der Waals surface area contributed by atoms with Crippen LogP contribution in [0.1, 0.15) is 74.6 Å². The van der Waals surface area contributed by atoms with Gasteiger partial charge in [-0.15, -0.1) is 0 Å². The Morgan fingerprint density at radius 1 is 0.509 bits per heavy atom. The number of hydrogen-bond acceptors (Lipinski definition) is 23. The number of methoxy groups -OCH3 is 3. The number of esters is 1. The Morgan fingerprint density at radius 2 is 0.864 bits per heavy atom. The average Bonchev–Trinajstić information content (AvgIpc) is 1.52. The quantitative estimate of drug-likeness (QED) is 0.0105. The van der Waals surface area contributed by atoms with Gasteiger partial charge in [0.15, 0.2) is 45.8 Å². The number of carbonyl (C=O) groups is 2. The molecule has 8 aromatic rings. The Kier molecular flexibility index (Phi) is 35.7. The molecule has 2 saturated carbocycles. The number of imidazole rings is 2. The SMILES string of the molecule is COCCOC(=O)C1(OCCOC)CCC(c2nc3c(-c4ccc(-c5ncc[nH]5)nc4)cnn3c(N(COCC[Si](C)(C)C)COCC[Si](C)(C)C)c2I)CC1.COCCOC1(C(=O)O)CCC(c2nc3c(-c4ccc(-c5ncc[nH]5)nc4)cnn3c(N(COCC[Si](C)(C)C)COCC[Si](C)(C)C)c2I)CC1.[Li+].[OH-]. The van der Waals surface area contributed by atoms with Gasteiger partial charge in [0.25, 0.3) is 0 Å². The van der Waals surface area contributed by atoms with Crippen LogP contribution in [0.25, 0.3) is 56.6 Å². The number of carbonyl (C=O) groups excluding carboxylic acids is 1. The first-order valence-corrected chi connectivity index (χ1v) is 54.5. The van der Waals surface area contributed by atoms with Crippen molar-refractivity contribution in [3.05, 3.63) is 92.4 Å². The second-order valence-electron chi connectivity index (χ2n) is 32.7. The number of aromatic nitrogens is 12. The molecule has 2 fully saturated rings. The number of ether oxygens (including phenoxy) is 10. The van der Waals surface area contributed by atoms with Crippen molar-refractivity contribution in [2.45, 2.75) is 177 Å². The first-order valence-electron chi connectivity index (χ1n) is 37.5. The molecule has 600 valence electrons. The van der Waals surface area contributed by atoms with Crippen LogP contribution in [0.4, 0.5) is 11.6 Å². The summed E-state index contributed by atoms with van der Waals surface area (Å²) in [4.78, 5) is 65.4. The van der Waals surface area contributed by atoms with E-state index >= 15 is 0 Å². The van der Waals surface area contributed by atoms with Gasteiger partial charge in [-0.25, -0.2) is 29.5 Å². The first kappa shape index (κ1) is 92.2. The van der Waals surface area contributed by atoms with Gasteiger partial charge in [0.05, 0.1) is 64.0 Å². The normalized spacial score (nSPS) is 17.7. The standard InChI is InChI=1S/C39H60IN7O7Si2.C36H54IN7O6Si2.Li.H2O/c1-49-17-19-53-38(48)39(54-20-18-50-2)13-11-29(12-14-39)34-33(40)37(46(27-51-21-23-55(3,4)5)28-52-22-24-56(6,7)8)47-36(45-34)31(26-44-47)30-9-10-32(43-25-30)35-41-15-16-42-35;1-47-16-17-50-36(35(45)46)12-10-26(11-13-36)31-30(37)34(43(24-48-18-20-51(2,3)4)25-49-19-21-52(5,6)7)44-33(42-31)28(23-41-44)27-8-9-29(40-22-27)32-38-14-15-39-32;;/h9-10,15-16,25-26,29H,11-14,17-24,27-28H2,1-8H3,(H,41,42);8-9,14-15,22-23,26H,10-13,16-21,24-25H2,1-7H3,(H,38,39)(H,45,46);;1H2/q;;+1;/p-1. The summed E-state index contributed by atoms with van der Waals surface area (Å²) >= 11 is 4.81. The Bertz CT molecular complexity index is 4070. The van der Waals surface area contributed by atoms with Crippen molar-refractivity contribution >= 4 is 112 Å². The van der Waals surface area contributed by atoms with E-state index < -0.39 is 49.5 Å². The van der Waals surface area contributed by atoms with E-state index in [0.29, 0.717) is 154 Å². The Morgan fingerprint density at radius 3 is 1.18 bits per heavy atom. The number of pyridine rings is 2. The van der Waals surface area contributed by atoms with Crippen molar-refractivity contribution in [3.8, 4) is 45.3 Å². The molecule has 8 aromatic heterocycles. The van der Waals surface area contributed by atoms with Crippen molar-refractivity contribution in [3.63, 3.8) is 0 Å². The van der Waals surface area contributed by atoms with Gasteiger partial charge in [-0.3, -0.25) is 9.97 Å². The molecule has 28 nitrogen and oxygen atoms in total. The molecule has 0 aliphatic heterocycles. The molecule has 0 bridgehead atoms. The maximum absolute atomic E-state index is 13.5. The van der Waals surface area contributed by atoms with Crippen LogP contribution in [0.15, 0.2) is 73.8 Å². The molecule has 0 atom stereocenters. The number of anilines is 2. The zero-order valence-corrected chi connectivity index (χ0v) is 75.7. The molecule has 35 heteroatoms. The number of fused-ring (bicyclic) bond motifs is 2.